The molecule has 0 nitrogen and oxygen atoms in total. The van der Waals surface area contributed by atoms with Crippen molar-refractivity contribution in [3.8, 4) is 0 Å². The van der Waals surface area contributed by atoms with Gasteiger partial charge in [0.05, 0.1) is 0 Å². The molecule has 0 unspecified atom stereocenters. The Hall–Kier alpha value is -1.82. The third kappa shape index (κ3) is 3.15. The minimum absolute atomic E-state index is 0.535. The topological polar surface area (TPSA) is 0 Å². The Bertz CT molecular complexity index is 860. The van der Waals surface area contributed by atoms with E-state index in [9.17, 15) is 0 Å². The molecule has 0 heterocycles. The molecule has 0 fully saturated rings. The quantitative estimate of drug-likeness (QED) is 0.415. The van der Waals surface area contributed by atoms with Gasteiger partial charge in [-0.15, -0.1) is 0 Å². The van der Waals surface area contributed by atoms with Crippen molar-refractivity contribution in [1.82, 2.24) is 0 Å². The molecule has 138 valence electrons. The third-order valence-electron chi connectivity index (χ3n) is 5.71. The second kappa shape index (κ2) is 7.06. The van der Waals surface area contributed by atoms with Gasteiger partial charge >= 0.3 is 0 Å². The lowest BCUT2D eigenvalue weighted by Gasteiger charge is -2.22. The lowest BCUT2D eigenvalue weighted by Crippen LogP contribution is -2.02. The highest BCUT2D eigenvalue weighted by Crippen LogP contribution is 2.39. The minimum Gasteiger partial charge on any atom is -0.0587 e. The molecule has 3 aromatic rings. The van der Waals surface area contributed by atoms with Gasteiger partial charge in [-0.3, -0.25) is 0 Å². The third-order valence-corrected chi connectivity index (χ3v) is 5.71. The van der Waals surface area contributed by atoms with Gasteiger partial charge < -0.3 is 0 Å². The number of fused-ring (bicyclic) bond motifs is 2. The lowest BCUT2D eigenvalue weighted by atomic mass is 9.83. The van der Waals surface area contributed by atoms with Crippen LogP contribution in [0.5, 0.6) is 0 Å². The maximum atomic E-state index is 2.45. The number of rotatable bonds is 4. The van der Waals surface area contributed by atoms with Crippen molar-refractivity contribution >= 4 is 21.5 Å². The van der Waals surface area contributed by atoms with E-state index in [-0.39, 0.29) is 0 Å². The van der Waals surface area contributed by atoms with Gasteiger partial charge in [-0.05, 0) is 79.6 Å². The molecule has 0 atom stereocenters. The maximum absolute atomic E-state index is 2.45. The lowest BCUT2D eigenvalue weighted by molar-refractivity contribution is 0.796. The SMILES string of the molecule is CC(C)c1ccc2cc3c(C(C)C)c(C(C)C)ccc3cc2c1C(C)C. The molecular weight excluding hydrogens is 312 g/mol. The molecule has 0 amide bonds. The largest absolute Gasteiger partial charge is 0.0587 e. The summed E-state index contributed by atoms with van der Waals surface area (Å²) < 4.78 is 0. The van der Waals surface area contributed by atoms with Crippen molar-refractivity contribution < 1.29 is 0 Å². The Labute approximate surface area is 159 Å². The van der Waals surface area contributed by atoms with Crippen molar-refractivity contribution in [2.24, 2.45) is 0 Å². The molecule has 3 aromatic carbocycles. The molecule has 0 N–H and O–H groups in total. The van der Waals surface area contributed by atoms with Gasteiger partial charge in [0.25, 0.3) is 0 Å². The van der Waals surface area contributed by atoms with Gasteiger partial charge in [-0.25, -0.2) is 0 Å². The van der Waals surface area contributed by atoms with Crippen LogP contribution in [-0.4, -0.2) is 0 Å². The fraction of sp³-hybridized carbons (Fsp3) is 0.462. The molecule has 0 radical (unpaired) electrons. The summed E-state index contributed by atoms with van der Waals surface area (Å²) >= 11 is 0. The highest BCUT2D eigenvalue weighted by Gasteiger charge is 2.17. The van der Waals surface area contributed by atoms with Crippen molar-refractivity contribution in [2.45, 2.75) is 79.1 Å². The summed E-state index contributed by atoms with van der Waals surface area (Å²) in [5.41, 5.74) is 6.04. The minimum atomic E-state index is 0.535. The predicted molar refractivity (Wildman–Crippen MR) is 118 cm³/mol. The molecule has 0 saturated heterocycles. The second-order valence-electron chi connectivity index (χ2n) is 9.05. The van der Waals surface area contributed by atoms with E-state index in [1.54, 1.807) is 0 Å². The molecule has 26 heavy (non-hydrogen) atoms. The summed E-state index contributed by atoms with van der Waals surface area (Å²) in [6.45, 7) is 18.5. The van der Waals surface area contributed by atoms with Gasteiger partial charge in [-0.2, -0.15) is 0 Å². The first-order valence-electron chi connectivity index (χ1n) is 10.2. The molecular formula is C26H34. The Kier molecular flexibility index (Phi) is 5.15. The monoisotopic (exact) mass is 346 g/mol. The van der Waals surface area contributed by atoms with Gasteiger partial charge in [0.2, 0.25) is 0 Å². The van der Waals surface area contributed by atoms with E-state index in [4.69, 9.17) is 0 Å². The summed E-state index contributed by atoms with van der Waals surface area (Å²) in [5, 5.41) is 5.64. The van der Waals surface area contributed by atoms with Crippen LogP contribution < -0.4 is 0 Å². The standard InChI is InChI=1S/C26H34/c1-15(2)21-11-9-19-14-24-20(13-23(19)25(21)17(5)6)10-12-22(16(3)4)26(24)18(7)8/h9-18H,1-8H3. The normalized spacial score (nSPS) is 12.5. The van der Waals surface area contributed by atoms with E-state index in [1.165, 1.54) is 43.8 Å². The Morgan fingerprint density at radius 2 is 0.808 bits per heavy atom. The van der Waals surface area contributed by atoms with Crippen LogP contribution >= 0.6 is 0 Å². The van der Waals surface area contributed by atoms with Crippen LogP contribution in [0, 0.1) is 0 Å². The smallest absolute Gasteiger partial charge is 0.0140 e. The van der Waals surface area contributed by atoms with Crippen LogP contribution in [0.1, 0.15) is 101 Å². The first kappa shape index (κ1) is 19.0. The Balaban J connectivity index is 2.43. The highest BCUT2D eigenvalue weighted by atomic mass is 14.2. The highest BCUT2D eigenvalue weighted by molar-refractivity contribution is 6.02. The van der Waals surface area contributed by atoms with Gasteiger partial charge in [-0.1, -0.05) is 79.7 Å². The van der Waals surface area contributed by atoms with Crippen LogP contribution in [-0.2, 0) is 0 Å². The molecule has 0 bridgehead atoms. The summed E-state index contributed by atoms with van der Waals surface area (Å²) in [6, 6.07) is 14.3. The first-order valence-corrected chi connectivity index (χ1v) is 10.2. The van der Waals surface area contributed by atoms with Crippen molar-refractivity contribution in [3.63, 3.8) is 0 Å². The molecule has 0 aliphatic rings. The molecule has 0 aliphatic heterocycles. The summed E-state index contributed by atoms with van der Waals surface area (Å²) in [6.07, 6.45) is 0. The summed E-state index contributed by atoms with van der Waals surface area (Å²) in [5.74, 6) is 2.19. The fourth-order valence-corrected chi connectivity index (χ4v) is 4.52. The van der Waals surface area contributed by atoms with Crippen molar-refractivity contribution in [2.75, 3.05) is 0 Å². The van der Waals surface area contributed by atoms with E-state index >= 15 is 0 Å². The average Bonchev–Trinajstić information content (AvgIpc) is 2.56. The average molecular weight is 347 g/mol. The van der Waals surface area contributed by atoms with E-state index in [2.05, 4.69) is 91.8 Å². The zero-order valence-electron chi connectivity index (χ0n) is 17.8. The second-order valence-corrected chi connectivity index (χ2v) is 9.05. The molecule has 0 spiro atoms. The zero-order chi connectivity index (χ0) is 19.2. The summed E-state index contributed by atoms with van der Waals surface area (Å²) in [7, 11) is 0. The van der Waals surface area contributed by atoms with Crippen LogP contribution in [0.25, 0.3) is 21.5 Å². The Morgan fingerprint density at radius 3 is 1.08 bits per heavy atom. The summed E-state index contributed by atoms with van der Waals surface area (Å²) in [4.78, 5) is 0. The fourth-order valence-electron chi connectivity index (χ4n) is 4.52. The van der Waals surface area contributed by atoms with E-state index < -0.39 is 0 Å². The van der Waals surface area contributed by atoms with E-state index in [1.807, 2.05) is 0 Å². The maximum Gasteiger partial charge on any atom is -0.0140 e. The van der Waals surface area contributed by atoms with Crippen LogP contribution in [0.2, 0.25) is 0 Å². The molecule has 3 rings (SSSR count). The van der Waals surface area contributed by atoms with Crippen LogP contribution in [0.3, 0.4) is 0 Å². The molecule has 0 heteroatoms. The van der Waals surface area contributed by atoms with E-state index in [0.29, 0.717) is 23.7 Å². The molecule has 0 saturated carbocycles. The van der Waals surface area contributed by atoms with Crippen LogP contribution in [0.15, 0.2) is 36.4 Å². The van der Waals surface area contributed by atoms with Crippen molar-refractivity contribution in [1.29, 1.82) is 0 Å². The van der Waals surface area contributed by atoms with E-state index in [0.717, 1.165) is 0 Å². The molecule has 0 aliphatic carbocycles. The zero-order valence-corrected chi connectivity index (χ0v) is 17.8. The van der Waals surface area contributed by atoms with Gasteiger partial charge in [0, 0.05) is 0 Å². The first-order chi connectivity index (χ1) is 12.2. The van der Waals surface area contributed by atoms with Gasteiger partial charge in [0.15, 0.2) is 0 Å². The predicted octanol–water partition coefficient (Wildman–Crippen LogP) is 8.49. The number of benzene rings is 3. The van der Waals surface area contributed by atoms with Gasteiger partial charge in [0.1, 0.15) is 0 Å². The van der Waals surface area contributed by atoms with Crippen molar-refractivity contribution in [3.05, 3.63) is 58.7 Å². The number of hydrogen-bond donors (Lipinski definition) is 0. The Morgan fingerprint density at radius 1 is 0.462 bits per heavy atom. The van der Waals surface area contributed by atoms with Crippen LogP contribution in [0.4, 0.5) is 0 Å². The number of hydrogen-bond acceptors (Lipinski definition) is 0. The molecule has 0 aromatic heterocycles.